The predicted octanol–water partition coefficient (Wildman–Crippen LogP) is 4.67. The van der Waals surface area contributed by atoms with Crippen LogP contribution in [0.2, 0.25) is 5.02 Å². The highest BCUT2D eigenvalue weighted by Gasteiger charge is 2.25. The molecule has 3 aromatic rings. The van der Waals surface area contributed by atoms with E-state index in [0.29, 0.717) is 16.3 Å². The molecule has 0 atom stereocenters. The minimum Gasteiger partial charge on any atom is -0.465 e. The van der Waals surface area contributed by atoms with Gasteiger partial charge in [0.25, 0.3) is 0 Å². The average Bonchev–Trinajstić information content (AvgIpc) is 2.70. The van der Waals surface area contributed by atoms with E-state index in [1.165, 1.54) is 31.4 Å². The number of hydrogen-bond donors (Lipinski definition) is 1. The van der Waals surface area contributed by atoms with Gasteiger partial charge in [0.05, 0.1) is 17.6 Å². The Balaban J connectivity index is 1.94. The molecule has 1 aromatic heterocycles. The van der Waals surface area contributed by atoms with Crippen LogP contribution in [0.15, 0.2) is 48.8 Å². The van der Waals surface area contributed by atoms with Crippen molar-refractivity contribution in [2.24, 2.45) is 0 Å². The van der Waals surface area contributed by atoms with Gasteiger partial charge in [-0.1, -0.05) is 17.7 Å². The van der Waals surface area contributed by atoms with Gasteiger partial charge in [-0.25, -0.2) is 9.78 Å². The van der Waals surface area contributed by atoms with Gasteiger partial charge in [-0.15, -0.1) is 0 Å². The molecule has 29 heavy (non-hydrogen) atoms. The van der Waals surface area contributed by atoms with Crippen molar-refractivity contribution in [3.8, 4) is 11.6 Å². The standard InChI is InChI=1S/C19H15ClN4O5/c1-11-3-6-13(20)9-15(11)23-17-16(24(26)27)18(22-10-21-17)29-14-7-4-12(5-8-14)19(25)28-2/h3-10H,1-2H3,(H,21,22,23). The Labute approximate surface area is 170 Å². The third kappa shape index (κ3) is 4.58. The Morgan fingerprint density at radius 3 is 2.55 bits per heavy atom. The first-order valence-electron chi connectivity index (χ1n) is 8.28. The van der Waals surface area contributed by atoms with E-state index in [2.05, 4.69) is 20.0 Å². The summed E-state index contributed by atoms with van der Waals surface area (Å²) < 4.78 is 10.2. The Hall–Kier alpha value is -3.72. The fraction of sp³-hybridized carbons (Fsp3) is 0.105. The number of anilines is 2. The number of aromatic nitrogens is 2. The molecule has 1 N–H and O–H groups in total. The maximum absolute atomic E-state index is 11.7. The number of aryl methyl sites for hydroxylation is 1. The molecule has 0 aliphatic rings. The van der Waals surface area contributed by atoms with E-state index in [1.807, 2.05) is 6.92 Å². The maximum atomic E-state index is 11.7. The molecular weight excluding hydrogens is 400 g/mol. The number of nitrogens with zero attached hydrogens (tertiary/aromatic N) is 3. The second-order valence-electron chi connectivity index (χ2n) is 5.84. The van der Waals surface area contributed by atoms with Crippen LogP contribution in [-0.4, -0.2) is 28.0 Å². The van der Waals surface area contributed by atoms with E-state index in [4.69, 9.17) is 16.3 Å². The lowest BCUT2D eigenvalue weighted by atomic mass is 10.2. The van der Waals surface area contributed by atoms with Crippen molar-refractivity contribution in [2.75, 3.05) is 12.4 Å². The molecular formula is C19H15ClN4O5. The molecule has 0 saturated carbocycles. The number of hydrogen-bond acceptors (Lipinski definition) is 8. The van der Waals surface area contributed by atoms with E-state index in [9.17, 15) is 14.9 Å². The molecule has 0 spiro atoms. The topological polar surface area (TPSA) is 116 Å². The molecule has 2 aromatic carbocycles. The van der Waals surface area contributed by atoms with Gasteiger partial charge in [0.15, 0.2) is 0 Å². The number of carbonyl (C=O) groups excluding carboxylic acids is 1. The van der Waals surface area contributed by atoms with Crippen molar-refractivity contribution in [1.29, 1.82) is 0 Å². The lowest BCUT2D eigenvalue weighted by molar-refractivity contribution is -0.385. The molecule has 0 amide bonds. The molecule has 148 valence electrons. The molecule has 0 bridgehead atoms. The van der Waals surface area contributed by atoms with Crippen LogP contribution in [0.1, 0.15) is 15.9 Å². The summed E-state index contributed by atoms with van der Waals surface area (Å²) in [6, 6.07) is 11.0. The molecule has 0 aliphatic heterocycles. The third-order valence-electron chi connectivity index (χ3n) is 3.91. The second-order valence-corrected chi connectivity index (χ2v) is 6.27. The zero-order valence-electron chi connectivity index (χ0n) is 15.4. The van der Waals surface area contributed by atoms with Gasteiger partial charge < -0.3 is 14.8 Å². The number of ether oxygens (including phenoxy) is 2. The number of nitrogens with one attached hydrogen (secondary N) is 1. The van der Waals surface area contributed by atoms with Crippen molar-refractivity contribution in [1.82, 2.24) is 9.97 Å². The first-order valence-corrected chi connectivity index (χ1v) is 8.65. The first-order chi connectivity index (χ1) is 13.9. The van der Waals surface area contributed by atoms with Gasteiger partial charge >= 0.3 is 17.5 Å². The van der Waals surface area contributed by atoms with Crippen LogP contribution in [0.25, 0.3) is 0 Å². The summed E-state index contributed by atoms with van der Waals surface area (Å²) in [4.78, 5) is 30.4. The number of nitro groups is 1. The van der Waals surface area contributed by atoms with Crippen LogP contribution in [-0.2, 0) is 4.74 Å². The number of benzene rings is 2. The van der Waals surface area contributed by atoms with E-state index in [0.717, 1.165) is 11.9 Å². The molecule has 0 fully saturated rings. The van der Waals surface area contributed by atoms with Crippen LogP contribution in [0.4, 0.5) is 17.2 Å². The lowest BCUT2D eigenvalue weighted by Crippen LogP contribution is -2.04. The predicted molar refractivity (Wildman–Crippen MR) is 106 cm³/mol. The SMILES string of the molecule is COC(=O)c1ccc(Oc2ncnc(Nc3cc(Cl)ccc3C)c2[N+](=O)[O-])cc1. The highest BCUT2D eigenvalue weighted by Crippen LogP contribution is 2.36. The molecule has 10 heteroatoms. The summed E-state index contributed by atoms with van der Waals surface area (Å²) in [5.41, 5.74) is 1.26. The summed E-state index contributed by atoms with van der Waals surface area (Å²) in [7, 11) is 1.27. The van der Waals surface area contributed by atoms with Crippen LogP contribution in [0, 0.1) is 17.0 Å². The quantitative estimate of drug-likeness (QED) is 0.351. The maximum Gasteiger partial charge on any atom is 0.373 e. The van der Waals surface area contributed by atoms with Crippen molar-refractivity contribution in [2.45, 2.75) is 6.92 Å². The lowest BCUT2D eigenvalue weighted by Gasteiger charge is -2.11. The Morgan fingerprint density at radius 1 is 1.17 bits per heavy atom. The zero-order valence-corrected chi connectivity index (χ0v) is 16.1. The average molecular weight is 415 g/mol. The summed E-state index contributed by atoms with van der Waals surface area (Å²) in [5.74, 6) is -0.549. The van der Waals surface area contributed by atoms with Gasteiger partial charge in [-0.3, -0.25) is 10.1 Å². The molecule has 9 nitrogen and oxygen atoms in total. The van der Waals surface area contributed by atoms with Crippen molar-refractivity contribution >= 4 is 34.8 Å². The summed E-state index contributed by atoms with van der Waals surface area (Å²) in [6.07, 6.45) is 1.15. The van der Waals surface area contributed by atoms with Crippen LogP contribution in [0.3, 0.4) is 0 Å². The summed E-state index contributed by atoms with van der Waals surface area (Å²) in [5, 5.41) is 15.0. The number of carbonyl (C=O) groups is 1. The van der Waals surface area contributed by atoms with Gasteiger partial charge in [-0.2, -0.15) is 4.98 Å². The van der Waals surface area contributed by atoms with Crippen LogP contribution in [0.5, 0.6) is 11.6 Å². The largest absolute Gasteiger partial charge is 0.465 e. The number of rotatable bonds is 6. The van der Waals surface area contributed by atoms with Crippen molar-refractivity contribution in [3.05, 3.63) is 75.1 Å². The number of esters is 1. The molecule has 3 rings (SSSR count). The fourth-order valence-electron chi connectivity index (χ4n) is 2.44. The van der Waals surface area contributed by atoms with Gasteiger partial charge in [-0.05, 0) is 48.9 Å². The van der Waals surface area contributed by atoms with Crippen molar-refractivity contribution < 1.29 is 19.2 Å². The molecule has 0 aliphatic carbocycles. The fourth-order valence-corrected chi connectivity index (χ4v) is 2.61. The molecule has 1 heterocycles. The normalized spacial score (nSPS) is 10.3. The smallest absolute Gasteiger partial charge is 0.373 e. The van der Waals surface area contributed by atoms with E-state index < -0.39 is 16.6 Å². The van der Waals surface area contributed by atoms with Crippen molar-refractivity contribution in [3.63, 3.8) is 0 Å². The molecule has 0 radical (unpaired) electrons. The van der Waals surface area contributed by atoms with E-state index >= 15 is 0 Å². The van der Waals surface area contributed by atoms with E-state index in [-0.39, 0.29) is 17.4 Å². The van der Waals surface area contributed by atoms with E-state index in [1.54, 1.807) is 18.2 Å². The van der Waals surface area contributed by atoms with Crippen LogP contribution >= 0.6 is 11.6 Å². The monoisotopic (exact) mass is 414 g/mol. The highest BCUT2D eigenvalue weighted by atomic mass is 35.5. The Kier molecular flexibility index (Phi) is 5.89. The van der Waals surface area contributed by atoms with Gasteiger partial charge in [0.2, 0.25) is 5.82 Å². The van der Waals surface area contributed by atoms with Gasteiger partial charge in [0.1, 0.15) is 12.1 Å². The third-order valence-corrected chi connectivity index (χ3v) is 4.15. The van der Waals surface area contributed by atoms with Gasteiger partial charge in [0, 0.05) is 10.7 Å². The highest BCUT2D eigenvalue weighted by molar-refractivity contribution is 6.30. The first kappa shape index (κ1) is 20.0. The molecule has 0 unspecified atom stereocenters. The number of halogens is 1. The zero-order chi connectivity index (χ0) is 21.0. The molecule has 0 saturated heterocycles. The minimum absolute atomic E-state index is 0.0449. The Bertz CT molecular complexity index is 1070. The second kappa shape index (κ2) is 8.53. The minimum atomic E-state index is -0.639. The number of methoxy groups -OCH3 is 1. The summed E-state index contributed by atoms with van der Waals surface area (Å²) in [6.45, 7) is 1.83. The Morgan fingerprint density at radius 2 is 1.90 bits per heavy atom. The summed E-state index contributed by atoms with van der Waals surface area (Å²) >= 11 is 6.01. The van der Waals surface area contributed by atoms with Crippen LogP contribution < -0.4 is 10.1 Å².